The van der Waals surface area contributed by atoms with Crippen LogP contribution in [0, 0.1) is 5.82 Å². The Hall–Kier alpha value is -2.17. The largest absolute Gasteiger partial charge is 0.361 e. The molecule has 0 atom stereocenters. The van der Waals surface area contributed by atoms with E-state index < -0.39 is 0 Å². The van der Waals surface area contributed by atoms with Crippen LogP contribution in [-0.2, 0) is 13.0 Å². The molecular formula is C21H26FN3. The molecule has 25 heavy (non-hydrogen) atoms. The summed E-state index contributed by atoms with van der Waals surface area (Å²) in [5.41, 5.74) is 3.52. The van der Waals surface area contributed by atoms with Gasteiger partial charge in [0, 0.05) is 43.3 Å². The van der Waals surface area contributed by atoms with E-state index in [1.54, 1.807) is 12.1 Å². The third-order valence-electron chi connectivity index (χ3n) is 4.65. The molecule has 0 radical (unpaired) electrons. The van der Waals surface area contributed by atoms with Crippen LogP contribution in [0.2, 0.25) is 0 Å². The number of aromatic nitrogens is 1. The van der Waals surface area contributed by atoms with Crippen LogP contribution in [0.3, 0.4) is 0 Å². The van der Waals surface area contributed by atoms with Crippen molar-refractivity contribution in [1.29, 1.82) is 0 Å². The molecule has 0 unspecified atom stereocenters. The van der Waals surface area contributed by atoms with Crippen molar-refractivity contribution in [3.05, 3.63) is 71.7 Å². The molecule has 0 fully saturated rings. The van der Waals surface area contributed by atoms with Crippen molar-refractivity contribution in [2.45, 2.75) is 13.0 Å². The number of H-pyrrole nitrogens is 1. The second-order valence-electron chi connectivity index (χ2n) is 6.78. The first-order valence-electron chi connectivity index (χ1n) is 8.78. The van der Waals surface area contributed by atoms with Crippen molar-refractivity contribution in [2.75, 3.05) is 33.7 Å². The standard InChI is InChI=1S/C21H26FN3/c1-24(12-13-25(2)16-17-6-4-3-5-7-17)11-10-18-15-23-21-9-8-19(22)14-20(18)21/h3-9,14-15,23H,10-13,16H2,1-2H3. The first-order valence-corrected chi connectivity index (χ1v) is 8.78. The lowest BCUT2D eigenvalue weighted by molar-refractivity contribution is 0.253. The van der Waals surface area contributed by atoms with Crippen molar-refractivity contribution < 1.29 is 4.39 Å². The molecule has 1 aromatic heterocycles. The summed E-state index contributed by atoms with van der Waals surface area (Å²) in [4.78, 5) is 7.90. The molecule has 0 spiro atoms. The van der Waals surface area contributed by atoms with Crippen LogP contribution >= 0.6 is 0 Å². The van der Waals surface area contributed by atoms with Gasteiger partial charge < -0.3 is 14.8 Å². The minimum atomic E-state index is -0.177. The molecule has 0 aliphatic carbocycles. The quantitative estimate of drug-likeness (QED) is 0.672. The molecule has 2 aromatic carbocycles. The molecular weight excluding hydrogens is 313 g/mol. The number of hydrogen-bond acceptors (Lipinski definition) is 2. The van der Waals surface area contributed by atoms with E-state index in [1.807, 2.05) is 12.3 Å². The SMILES string of the molecule is CN(CCc1c[nH]c2ccc(F)cc12)CCN(C)Cc1ccccc1. The van der Waals surface area contributed by atoms with Gasteiger partial charge in [0.25, 0.3) is 0 Å². The Morgan fingerprint density at radius 3 is 2.48 bits per heavy atom. The van der Waals surface area contributed by atoms with E-state index in [-0.39, 0.29) is 5.82 Å². The molecule has 4 heteroatoms. The van der Waals surface area contributed by atoms with Gasteiger partial charge >= 0.3 is 0 Å². The zero-order chi connectivity index (χ0) is 17.6. The number of likely N-dealkylation sites (N-methyl/N-ethyl adjacent to an activating group) is 2. The van der Waals surface area contributed by atoms with E-state index in [4.69, 9.17) is 0 Å². The van der Waals surface area contributed by atoms with Crippen LogP contribution in [-0.4, -0.2) is 48.5 Å². The van der Waals surface area contributed by atoms with Crippen molar-refractivity contribution in [2.24, 2.45) is 0 Å². The van der Waals surface area contributed by atoms with Gasteiger partial charge in [0.05, 0.1) is 0 Å². The number of benzene rings is 2. The third-order valence-corrected chi connectivity index (χ3v) is 4.65. The maximum absolute atomic E-state index is 13.5. The molecule has 1 N–H and O–H groups in total. The highest BCUT2D eigenvalue weighted by molar-refractivity contribution is 5.83. The van der Waals surface area contributed by atoms with Crippen molar-refractivity contribution >= 4 is 10.9 Å². The van der Waals surface area contributed by atoms with Gasteiger partial charge in [0.15, 0.2) is 0 Å². The second kappa shape index (κ2) is 8.28. The summed E-state index contributed by atoms with van der Waals surface area (Å²) in [5, 5.41) is 0.995. The Labute approximate surface area is 149 Å². The minimum absolute atomic E-state index is 0.177. The van der Waals surface area contributed by atoms with Crippen LogP contribution in [0.15, 0.2) is 54.7 Å². The van der Waals surface area contributed by atoms with E-state index in [0.29, 0.717) is 0 Å². The predicted molar refractivity (Wildman–Crippen MR) is 102 cm³/mol. The Balaban J connectivity index is 1.46. The van der Waals surface area contributed by atoms with Crippen LogP contribution in [0.5, 0.6) is 0 Å². The van der Waals surface area contributed by atoms with Gasteiger partial charge in [-0.2, -0.15) is 0 Å². The summed E-state index contributed by atoms with van der Waals surface area (Å²) in [6, 6.07) is 15.5. The molecule has 1 heterocycles. The fraction of sp³-hybridized carbons (Fsp3) is 0.333. The molecule has 0 aliphatic heterocycles. The number of fused-ring (bicyclic) bond motifs is 1. The zero-order valence-corrected chi connectivity index (χ0v) is 15.0. The fourth-order valence-corrected chi connectivity index (χ4v) is 3.10. The third kappa shape index (κ3) is 4.91. The first kappa shape index (κ1) is 17.6. The zero-order valence-electron chi connectivity index (χ0n) is 15.0. The summed E-state index contributed by atoms with van der Waals surface area (Å²) in [6.45, 7) is 3.97. The van der Waals surface area contributed by atoms with Crippen LogP contribution in [0.4, 0.5) is 4.39 Å². The Bertz CT molecular complexity index is 797. The van der Waals surface area contributed by atoms with Gasteiger partial charge in [-0.1, -0.05) is 30.3 Å². The maximum Gasteiger partial charge on any atom is 0.123 e. The molecule has 0 bridgehead atoms. The number of halogens is 1. The highest BCUT2D eigenvalue weighted by Crippen LogP contribution is 2.19. The van der Waals surface area contributed by atoms with E-state index >= 15 is 0 Å². The van der Waals surface area contributed by atoms with Gasteiger partial charge in [-0.05, 0) is 49.8 Å². The molecule has 3 aromatic rings. The number of nitrogens with zero attached hydrogens (tertiary/aromatic N) is 2. The second-order valence-corrected chi connectivity index (χ2v) is 6.78. The highest BCUT2D eigenvalue weighted by atomic mass is 19.1. The maximum atomic E-state index is 13.5. The van der Waals surface area contributed by atoms with E-state index in [9.17, 15) is 4.39 Å². The molecule has 132 valence electrons. The average molecular weight is 339 g/mol. The number of nitrogens with one attached hydrogen (secondary N) is 1. The van der Waals surface area contributed by atoms with Gasteiger partial charge in [0.1, 0.15) is 5.82 Å². The minimum Gasteiger partial charge on any atom is -0.361 e. The summed E-state index contributed by atoms with van der Waals surface area (Å²) in [7, 11) is 4.30. The molecule has 0 saturated heterocycles. The Kier molecular flexibility index (Phi) is 5.84. The molecule has 3 rings (SSSR count). The number of hydrogen-bond donors (Lipinski definition) is 1. The summed E-state index contributed by atoms with van der Waals surface area (Å²) in [5.74, 6) is -0.177. The lowest BCUT2D eigenvalue weighted by atomic mass is 10.1. The van der Waals surface area contributed by atoms with Crippen LogP contribution in [0.25, 0.3) is 10.9 Å². The molecule has 0 saturated carbocycles. The van der Waals surface area contributed by atoms with Crippen molar-refractivity contribution in [3.63, 3.8) is 0 Å². The Morgan fingerprint density at radius 1 is 0.920 bits per heavy atom. The smallest absolute Gasteiger partial charge is 0.123 e. The first-order chi connectivity index (χ1) is 12.1. The van der Waals surface area contributed by atoms with Gasteiger partial charge in [-0.3, -0.25) is 0 Å². The lowest BCUT2D eigenvalue weighted by Crippen LogP contribution is -2.31. The normalized spacial score (nSPS) is 11.7. The topological polar surface area (TPSA) is 22.3 Å². The van der Waals surface area contributed by atoms with E-state index in [0.717, 1.165) is 43.5 Å². The summed E-state index contributed by atoms with van der Waals surface area (Å²) in [6.07, 6.45) is 2.92. The van der Waals surface area contributed by atoms with Gasteiger partial charge in [-0.25, -0.2) is 4.39 Å². The summed E-state index contributed by atoms with van der Waals surface area (Å²) >= 11 is 0. The molecule has 0 amide bonds. The average Bonchev–Trinajstić information content (AvgIpc) is 3.01. The van der Waals surface area contributed by atoms with Gasteiger partial charge in [-0.15, -0.1) is 0 Å². The lowest BCUT2D eigenvalue weighted by Gasteiger charge is -2.22. The van der Waals surface area contributed by atoms with Crippen molar-refractivity contribution in [1.82, 2.24) is 14.8 Å². The van der Waals surface area contributed by atoms with E-state index in [1.165, 1.54) is 17.2 Å². The summed E-state index contributed by atoms with van der Waals surface area (Å²) < 4.78 is 13.5. The van der Waals surface area contributed by atoms with Gasteiger partial charge in [0.2, 0.25) is 0 Å². The van der Waals surface area contributed by atoms with E-state index in [2.05, 4.69) is 53.1 Å². The molecule has 3 nitrogen and oxygen atoms in total. The fourth-order valence-electron chi connectivity index (χ4n) is 3.10. The molecule has 0 aliphatic rings. The number of aromatic amines is 1. The Morgan fingerprint density at radius 2 is 1.68 bits per heavy atom. The van der Waals surface area contributed by atoms with Crippen LogP contribution < -0.4 is 0 Å². The van der Waals surface area contributed by atoms with Crippen molar-refractivity contribution in [3.8, 4) is 0 Å². The van der Waals surface area contributed by atoms with Crippen LogP contribution in [0.1, 0.15) is 11.1 Å². The monoisotopic (exact) mass is 339 g/mol. The highest BCUT2D eigenvalue weighted by Gasteiger charge is 2.07. The number of rotatable bonds is 8. The predicted octanol–water partition coefficient (Wildman–Crippen LogP) is 3.91.